The monoisotopic (exact) mass is 1670 g/mol. The van der Waals surface area contributed by atoms with Gasteiger partial charge in [0.1, 0.15) is 0 Å². The van der Waals surface area contributed by atoms with Crippen molar-refractivity contribution in [2.24, 2.45) is 0 Å². The van der Waals surface area contributed by atoms with E-state index in [4.69, 9.17) is 39.9 Å². The Hall–Kier alpha value is -17.7. The van der Waals surface area contributed by atoms with E-state index in [-0.39, 0.29) is 0 Å². The molecular formula is C124H74N8. The molecule has 0 saturated carbocycles. The molecule has 0 bridgehead atoms. The molecule has 0 atom stereocenters. The molecule has 0 amide bonds. The highest BCUT2D eigenvalue weighted by atomic mass is 14.8. The van der Waals surface area contributed by atoms with Crippen molar-refractivity contribution in [3.8, 4) is 145 Å². The van der Waals surface area contributed by atoms with E-state index in [9.17, 15) is 0 Å². The van der Waals surface area contributed by atoms with Crippen LogP contribution in [0.1, 0.15) is 0 Å². The van der Waals surface area contributed by atoms with Gasteiger partial charge in [0.05, 0.1) is 91.7 Å². The lowest BCUT2D eigenvalue weighted by Gasteiger charge is -2.15. The van der Waals surface area contributed by atoms with E-state index in [1.165, 1.54) is 5.56 Å². The van der Waals surface area contributed by atoms with Gasteiger partial charge >= 0.3 is 0 Å². The highest BCUT2D eigenvalue weighted by molar-refractivity contribution is 6.28. The van der Waals surface area contributed by atoms with Crippen LogP contribution in [0, 0.1) is 0 Å². The van der Waals surface area contributed by atoms with E-state index in [2.05, 4.69) is 425 Å². The minimum absolute atomic E-state index is 0.759. The molecule has 132 heavy (non-hydrogen) atoms. The third-order valence-electron chi connectivity index (χ3n) is 26.7. The minimum atomic E-state index is 0.759. The molecule has 0 fully saturated rings. The Morgan fingerprint density at radius 2 is 0.258 bits per heavy atom. The molecule has 8 nitrogen and oxygen atoms in total. The zero-order valence-electron chi connectivity index (χ0n) is 71.3. The second kappa shape index (κ2) is 31.1. The maximum absolute atomic E-state index is 5.67. The van der Waals surface area contributed by atoms with Gasteiger partial charge in [-0.3, -0.25) is 19.9 Å². The van der Waals surface area contributed by atoms with Gasteiger partial charge in [-0.05, 0) is 210 Å². The molecule has 0 saturated heterocycles. The summed E-state index contributed by atoms with van der Waals surface area (Å²) < 4.78 is 0. The second-order valence-electron chi connectivity index (χ2n) is 34.4. The molecular weight excluding hydrogens is 1600 g/mol. The van der Waals surface area contributed by atoms with Crippen molar-refractivity contribution < 1.29 is 0 Å². The van der Waals surface area contributed by atoms with Gasteiger partial charge in [-0.25, -0.2) is 19.9 Å². The van der Waals surface area contributed by atoms with Crippen molar-refractivity contribution in [2.45, 2.75) is 0 Å². The van der Waals surface area contributed by atoms with Crippen LogP contribution in [0.2, 0.25) is 0 Å². The summed E-state index contributed by atoms with van der Waals surface area (Å²) in [7, 11) is 0. The Morgan fingerprint density at radius 3 is 0.523 bits per heavy atom. The predicted molar refractivity (Wildman–Crippen MR) is 550 cm³/mol. The normalized spacial score (nSPS) is 11.8. The Morgan fingerprint density at radius 1 is 0.0985 bits per heavy atom. The molecule has 0 spiro atoms. The molecule has 8 heteroatoms. The Bertz CT molecular complexity index is 9240. The van der Waals surface area contributed by atoms with E-state index in [0.29, 0.717) is 0 Å². The lowest BCUT2D eigenvalue weighted by molar-refractivity contribution is 1.29. The molecule has 4 aromatic heterocycles. The molecule has 0 unspecified atom stereocenters. The van der Waals surface area contributed by atoms with Gasteiger partial charge in [0, 0.05) is 65.3 Å². The van der Waals surface area contributed by atoms with Crippen LogP contribution in [0.5, 0.6) is 0 Å². The molecule has 4 heterocycles. The van der Waals surface area contributed by atoms with Crippen LogP contribution >= 0.6 is 0 Å². The summed E-state index contributed by atoms with van der Waals surface area (Å²) >= 11 is 0. The van der Waals surface area contributed by atoms with Crippen LogP contribution in [0.15, 0.2) is 449 Å². The maximum Gasteiger partial charge on any atom is 0.0979 e. The Balaban J connectivity index is 0.536. The first kappa shape index (κ1) is 75.6. The van der Waals surface area contributed by atoms with Gasteiger partial charge in [0.25, 0.3) is 0 Å². The number of hydrogen-bond donors (Lipinski definition) is 0. The quantitative estimate of drug-likeness (QED) is 0.105. The number of nitrogens with zero attached hydrogens (tertiary/aromatic N) is 8. The van der Waals surface area contributed by atoms with Gasteiger partial charge < -0.3 is 0 Å². The van der Waals surface area contributed by atoms with Crippen molar-refractivity contribution in [1.82, 2.24) is 39.9 Å². The van der Waals surface area contributed by atoms with Crippen molar-refractivity contribution in [2.75, 3.05) is 0 Å². The lowest BCUT2D eigenvalue weighted by atomic mass is 9.92. The molecule has 26 aromatic rings. The van der Waals surface area contributed by atoms with E-state index in [1.54, 1.807) is 0 Å². The first-order valence-electron chi connectivity index (χ1n) is 44.8. The Kier molecular flexibility index (Phi) is 17.8. The molecule has 0 aliphatic heterocycles. The van der Waals surface area contributed by atoms with Gasteiger partial charge in [0.15, 0.2) is 0 Å². The number of aromatic nitrogens is 8. The minimum Gasteiger partial charge on any atom is -0.252 e. The summed E-state index contributed by atoms with van der Waals surface area (Å²) in [6.45, 7) is 0. The van der Waals surface area contributed by atoms with Gasteiger partial charge in [0.2, 0.25) is 0 Å². The number of hydrogen-bond acceptors (Lipinski definition) is 8. The molecule has 610 valence electrons. The third kappa shape index (κ3) is 13.1. The fourth-order valence-electron chi connectivity index (χ4n) is 20.1. The number of benzene rings is 22. The topological polar surface area (TPSA) is 103 Å². The molecule has 0 N–H and O–H groups in total. The van der Waals surface area contributed by atoms with Crippen LogP contribution in [0.4, 0.5) is 0 Å². The predicted octanol–water partition coefficient (Wildman–Crippen LogP) is 32.4. The summed E-state index contributed by atoms with van der Waals surface area (Å²) in [4.78, 5) is 43.8. The van der Waals surface area contributed by atoms with Gasteiger partial charge in [-0.2, -0.15) is 0 Å². The van der Waals surface area contributed by atoms with Gasteiger partial charge in [-0.1, -0.05) is 358 Å². The third-order valence-corrected chi connectivity index (χ3v) is 26.7. The number of fused-ring (bicyclic) bond motifs is 24. The standard InChI is InChI=1S/C124H74N8/c1-7-22-75(23-8-1)85-48-56-101-105(63-85)107-65-87(77-26-11-3-12-27-77)50-58-103(107)121-117(101)125-71-113(129-121)93-36-20-37-94(61-93)114-72-126-118-102-57-49-86(76-24-9-2-10-25-76)64-106(102)108-66-92(51-59-104(108)122(118)130-114)84-35-19-34-83(60-84)81-40-42-82(43-41-81)91-47-53-98-100-55-46-90(80-32-17-6-18-33-80)70-112(100)124-120(110(98)68-91)128-74-116(132-124)96-39-21-38-95(62-96)115-73-127-119-109-67-88(78-28-13-4-14-29-78)44-52-97(109)99-54-45-89(69-111(99)123(119)131-115)79-30-15-5-16-31-79/h1-74H. The molecule has 0 radical (unpaired) electrons. The number of rotatable bonds is 13. The zero-order valence-corrected chi connectivity index (χ0v) is 71.3. The highest BCUT2D eigenvalue weighted by Crippen LogP contribution is 2.47. The van der Waals surface area contributed by atoms with Crippen LogP contribution in [0.25, 0.3) is 275 Å². The SMILES string of the molecule is c1ccc(-c2ccc3c(c2)c2cc(-c4ccccc4)ccc2c2nc(-c4cccc(-c5cnc6c7ccc(-c8ccccc8)cc7c7cc(-c8cccc(-c9ccc(-c%10ccc%11c%12ccc(-c%13ccccc%13)cc%12c%12nc(-c%13cccc(-c%14cnc%15c%16cc(-c%17ccccc%17)ccc%16c%16ccc(-c%17ccccc%17)cc%16c%15n%14)c%13)cnc%12c%11c%10)cc9)c8)ccc7c6n5)c4)cnc32)cc1. The van der Waals surface area contributed by atoms with Crippen LogP contribution in [-0.4, -0.2) is 39.9 Å². The van der Waals surface area contributed by atoms with E-state index < -0.39 is 0 Å². The summed E-state index contributed by atoms with van der Waals surface area (Å²) in [6.07, 6.45) is 7.71. The molecule has 22 aromatic carbocycles. The van der Waals surface area contributed by atoms with Crippen LogP contribution < -0.4 is 0 Å². The van der Waals surface area contributed by atoms with Crippen molar-refractivity contribution >= 4 is 130 Å². The van der Waals surface area contributed by atoms with Crippen molar-refractivity contribution in [3.05, 3.63) is 449 Å². The second-order valence-corrected chi connectivity index (χ2v) is 34.4. The van der Waals surface area contributed by atoms with Crippen LogP contribution in [0.3, 0.4) is 0 Å². The first-order chi connectivity index (χ1) is 65.4. The summed E-state index contributed by atoms with van der Waals surface area (Å²) in [5, 5.41) is 17.3. The van der Waals surface area contributed by atoms with Crippen molar-refractivity contribution in [1.29, 1.82) is 0 Å². The van der Waals surface area contributed by atoms with Gasteiger partial charge in [-0.15, -0.1) is 0 Å². The smallest absolute Gasteiger partial charge is 0.0979 e. The Labute approximate surface area is 759 Å². The lowest BCUT2D eigenvalue weighted by Crippen LogP contribution is -1.95. The van der Waals surface area contributed by atoms with E-state index in [0.717, 1.165) is 270 Å². The average molecular weight is 1680 g/mol. The zero-order chi connectivity index (χ0) is 86.9. The first-order valence-corrected chi connectivity index (χ1v) is 44.8. The average Bonchev–Trinajstić information content (AvgIpc) is 0.741. The fraction of sp³-hybridized carbons (Fsp3) is 0. The molecule has 26 rings (SSSR count). The highest BCUT2D eigenvalue weighted by Gasteiger charge is 2.23. The summed E-state index contributed by atoms with van der Waals surface area (Å²) in [5.74, 6) is 0. The molecule has 0 aliphatic carbocycles. The molecule has 0 aliphatic rings. The van der Waals surface area contributed by atoms with Crippen molar-refractivity contribution in [3.63, 3.8) is 0 Å². The largest absolute Gasteiger partial charge is 0.252 e. The summed E-state index contributed by atoms with van der Waals surface area (Å²) in [5.41, 5.74) is 33.9. The van der Waals surface area contributed by atoms with E-state index >= 15 is 0 Å². The fourth-order valence-corrected chi connectivity index (χ4v) is 20.1. The van der Waals surface area contributed by atoms with E-state index in [1.807, 2.05) is 24.8 Å². The summed E-state index contributed by atoms with van der Waals surface area (Å²) in [6, 6.07) is 153. The van der Waals surface area contributed by atoms with Crippen LogP contribution in [-0.2, 0) is 0 Å². The maximum atomic E-state index is 5.67.